The van der Waals surface area contributed by atoms with Crippen LogP contribution in [0.5, 0.6) is 0 Å². The fourth-order valence-corrected chi connectivity index (χ4v) is 0.927. The van der Waals surface area contributed by atoms with E-state index in [-0.39, 0.29) is 5.54 Å². The highest BCUT2D eigenvalue weighted by molar-refractivity contribution is 4.82. The summed E-state index contributed by atoms with van der Waals surface area (Å²) in [6.07, 6.45) is 0.581. The first-order valence-corrected chi connectivity index (χ1v) is 3.60. The maximum Gasteiger partial charge on any atom is 0.0638 e. The van der Waals surface area contributed by atoms with Gasteiger partial charge in [0.1, 0.15) is 0 Å². The van der Waals surface area contributed by atoms with Crippen LogP contribution in [0.15, 0.2) is 0 Å². The van der Waals surface area contributed by atoms with Crippen LogP contribution in [0, 0.1) is 11.3 Å². The highest BCUT2D eigenvalue weighted by atomic mass is 15.0. The number of nitriles is 1. The van der Waals surface area contributed by atoms with Crippen molar-refractivity contribution < 1.29 is 0 Å². The molecule has 1 unspecified atom stereocenters. The quantitative estimate of drug-likeness (QED) is 0.633. The van der Waals surface area contributed by atoms with Crippen LogP contribution in [0.25, 0.3) is 0 Å². The van der Waals surface area contributed by atoms with Gasteiger partial charge in [0.15, 0.2) is 0 Å². The lowest BCUT2D eigenvalue weighted by Crippen LogP contribution is -2.41. The monoisotopic (exact) mass is 140 g/mol. The molecule has 0 aromatic heterocycles. The third-order valence-corrected chi connectivity index (χ3v) is 1.08. The number of rotatable bonds is 2. The molecule has 0 bridgehead atoms. The highest BCUT2D eigenvalue weighted by Crippen LogP contribution is 2.02. The molecule has 0 amide bonds. The molecule has 0 saturated carbocycles. The minimum atomic E-state index is 0.121. The summed E-state index contributed by atoms with van der Waals surface area (Å²) in [7, 11) is 0. The van der Waals surface area contributed by atoms with Gasteiger partial charge in [-0.15, -0.1) is 0 Å². The van der Waals surface area contributed by atoms with Crippen molar-refractivity contribution >= 4 is 0 Å². The Bertz CT molecular complexity index is 127. The van der Waals surface area contributed by atoms with E-state index in [4.69, 9.17) is 5.26 Å². The first-order chi connectivity index (χ1) is 4.45. The molecule has 0 aliphatic carbocycles. The largest absolute Gasteiger partial charge is 0.309 e. The van der Waals surface area contributed by atoms with Gasteiger partial charge in [0.05, 0.1) is 12.5 Å². The fraction of sp³-hybridized carbons (Fsp3) is 0.875. The van der Waals surface area contributed by atoms with Crippen LogP contribution in [-0.2, 0) is 0 Å². The summed E-state index contributed by atoms with van der Waals surface area (Å²) in [5, 5.41) is 11.6. The molecule has 0 spiro atoms. The average molecular weight is 140 g/mol. The molecule has 0 aliphatic heterocycles. The Hall–Kier alpha value is -0.550. The molecular weight excluding hydrogens is 124 g/mol. The molecule has 0 rings (SSSR count). The zero-order valence-corrected chi connectivity index (χ0v) is 7.23. The molecule has 0 aromatic carbocycles. The maximum atomic E-state index is 8.34. The molecule has 0 saturated heterocycles. The number of hydrogen-bond donors (Lipinski definition) is 1. The van der Waals surface area contributed by atoms with Crippen LogP contribution < -0.4 is 5.32 Å². The topological polar surface area (TPSA) is 35.8 Å². The van der Waals surface area contributed by atoms with Gasteiger partial charge in [0.2, 0.25) is 0 Å². The molecule has 58 valence electrons. The first kappa shape index (κ1) is 9.45. The third kappa shape index (κ3) is 5.58. The van der Waals surface area contributed by atoms with Gasteiger partial charge in [-0.25, -0.2) is 0 Å². The van der Waals surface area contributed by atoms with Gasteiger partial charge < -0.3 is 5.32 Å². The molecule has 0 radical (unpaired) electrons. The second-order valence-electron chi connectivity index (χ2n) is 3.66. The molecule has 0 aromatic rings. The number of nitrogens with zero attached hydrogens (tertiary/aromatic N) is 1. The van der Waals surface area contributed by atoms with Crippen LogP contribution in [0.4, 0.5) is 0 Å². The summed E-state index contributed by atoms with van der Waals surface area (Å²) in [6, 6.07) is 2.42. The standard InChI is InChI=1S/C8H16N2/c1-7(5-6-9)10-8(2,3)4/h7,10H,5H2,1-4H3. The van der Waals surface area contributed by atoms with E-state index in [0.717, 1.165) is 0 Å². The molecular formula is C8H16N2. The van der Waals surface area contributed by atoms with E-state index in [1.807, 2.05) is 6.92 Å². The summed E-state index contributed by atoms with van der Waals surface area (Å²) in [6.45, 7) is 8.32. The SMILES string of the molecule is CC(CC#N)NC(C)(C)C. The van der Waals surface area contributed by atoms with Gasteiger partial charge in [0.25, 0.3) is 0 Å². The van der Waals surface area contributed by atoms with Crippen LogP contribution >= 0.6 is 0 Å². The van der Waals surface area contributed by atoms with Gasteiger partial charge in [-0.1, -0.05) is 0 Å². The van der Waals surface area contributed by atoms with Crippen molar-refractivity contribution in [1.29, 1.82) is 5.26 Å². The van der Waals surface area contributed by atoms with Crippen molar-refractivity contribution in [2.45, 2.75) is 45.7 Å². The first-order valence-electron chi connectivity index (χ1n) is 3.60. The van der Waals surface area contributed by atoms with Gasteiger partial charge in [-0.2, -0.15) is 5.26 Å². The molecule has 0 heterocycles. The molecule has 2 heteroatoms. The summed E-state index contributed by atoms with van der Waals surface area (Å²) in [5.74, 6) is 0. The van der Waals surface area contributed by atoms with E-state index in [9.17, 15) is 0 Å². The average Bonchev–Trinajstić information content (AvgIpc) is 1.59. The molecule has 0 aliphatic rings. The van der Waals surface area contributed by atoms with E-state index in [2.05, 4.69) is 32.2 Å². The van der Waals surface area contributed by atoms with Gasteiger partial charge in [-0.05, 0) is 27.7 Å². The predicted octanol–water partition coefficient (Wildman–Crippen LogP) is 1.68. The third-order valence-electron chi connectivity index (χ3n) is 1.08. The zero-order chi connectivity index (χ0) is 8.20. The minimum absolute atomic E-state index is 0.121. The Morgan fingerprint density at radius 2 is 2.00 bits per heavy atom. The molecule has 2 nitrogen and oxygen atoms in total. The zero-order valence-electron chi connectivity index (χ0n) is 7.23. The molecule has 10 heavy (non-hydrogen) atoms. The Labute approximate surface area is 63.2 Å². The lowest BCUT2D eigenvalue weighted by atomic mass is 10.1. The molecule has 0 fully saturated rings. The highest BCUT2D eigenvalue weighted by Gasteiger charge is 2.12. The second kappa shape index (κ2) is 3.58. The van der Waals surface area contributed by atoms with Crippen molar-refractivity contribution in [2.24, 2.45) is 0 Å². The Balaban J connectivity index is 3.60. The lowest BCUT2D eigenvalue weighted by molar-refractivity contribution is 0.375. The normalized spacial score (nSPS) is 14.3. The Morgan fingerprint density at radius 1 is 1.50 bits per heavy atom. The van der Waals surface area contributed by atoms with Crippen molar-refractivity contribution in [1.82, 2.24) is 5.32 Å². The Morgan fingerprint density at radius 3 is 2.30 bits per heavy atom. The van der Waals surface area contributed by atoms with Crippen molar-refractivity contribution in [3.05, 3.63) is 0 Å². The summed E-state index contributed by atoms with van der Waals surface area (Å²) < 4.78 is 0. The van der Waals surface area contributed by atoms with Crippen LogP contribution in [0.1, 0.15) is 34.1 Å². The lowest BCUT2D eigenvalue weighted by Gasteiger charge is -2.24. The maximum absolute atomic E-state index is 8.34. The summed E-state index contributed by atoms with van der Waals surface area (Å²) >= 11 is 0. The Kier molecular flexibility index (Phi) is 3.38. The smallest absolute Gasteiger partial charge is 0.0638 e. The fourth-order valence-electron chi connectivity index (χ4n) is 0.927. The van der Waals surface area contributed by atoms with E-state index >= 15 is 0 Å². The van der Waals surface area contributed by atoms with Gasteiger partial charge in [0, 0.05) is 11.6 Å². The van der Waals surface area contributed by atoms with Crippen molar-refractivity contribution in [3.8, 4) is 6.07 Å². The molecule has 1 atom stereocenters. The van der Waals surface area contributed by atoms with Crippen molar-refractivity contribution in [3.63, 3.8) is 0 Å². The van der Waals surface area contributed by atoms with Crippen molar-refractivity contribution in [2.75, 3.05) is 0 Å². The van der Waals surface area contributed by atoms with Crippen LogP contribution in [0.2, 0.25) is 0 Å². The predicted molar refractivity (Wildman–Crippen MR) is 42.6 cm³/mol. The number of nitrogens with one attached hydrogen (secondary N) is 1. The van der Waals surface area contributed by atoms with Gasteiger partial charge >= 0.3 is 0 Å². The minimum Gasteiger partial charge on any atom is -0.309 e. The second-order valence-corrected chi connectivity index (χ2v) is 3.66. The summed E-state index contributed by atoms with van der Waals surface area (Å²) in [5.41, 5.74) is 0.121. The van der Waals surface area contributed by atoms with E-state index < -0.39 is 0 Å². The van der Waals surface area contributed by atoms with E-state index in [0.29, 0.717) is 12.5 Å². The summed E-state index contributed by atoms with van der Waals surface area (Å²) in [4.78, 5) is 0. The van der Waals surface area contributed by atoms with E-state index in [1.165, 1.54) is 0 Å². The molecule has 1 N–H and O–H groups in total. The van der Waals surface area contributed by atoms with Crippen LogP contribution in [0.3, 0.4) is 0 Å². The van der Waals surface area contributed by atoms with Crippen LogP contribution in [-0.4, -0.2) is 11.6 Å². The van der Waals surface area contributed by atoms with Gasteiger partial charge in [-0.3, -0.25) is 0 Å². The van der Waals surface area contributed by atoms with E-state index in [1.54, 1.807) is 0 Å². The number of hydrogen-bond acceptors (Lipinski definition) is 2.